The van der Waals surface area contributed by atoms with E-state index in [1.165, 1.54) is 6.08 Å². The second-order valence-electron chi connectivity index (χ2n) is 2.97. The van der Waals surface area contributed by atoms with E-state index in [1.807, 2.05) is 30.3 Å². The van der Waals surface area contributed by atoms with Crippen molar-refractivity contribution in [2.24, 2.45) is 0 Å². The average Bonchev–Trinajstić information content (AvgIpc) is 2.27. The van der Waals surface area contributed by atoms with Crippen molar-refractivity contribution in [3.63, 3.8) is 0 Å². The zero-order valence-corrected chi connectivity index (χ0v) is 8.59. The molecule has 0 saturated heterocycles. The van der Waals surface area contributed by atoms with Gasteiger partial charge in [0.2, 0.25) is 0 Å². The van der Waals surface area contributed by atoms with Gasteiger partial charge in [-0.3, -0.25) is 0 Å². The molecule has 1 aromatic rings. The van der Waals surface area contributed by atoms with Crippen molar-refractivity contribution in [3.8, 4) is 0 Å². The lowest BCUT2D eigenvalue weighted by Gasteiger charge is -2.04. The summed E-state index contributed by atoms with van der Waals surface area (Å²) in [5.74, 6) is -0.621. The Labute approximate surface area is 89.0 Å². The number of carbonyl (C=O) groups excluding carboxylic acids is 1. The highest BCUT2D eigenvalue weighted by Crippen LogP contribution is 2.02. The van der Waals surface area contributed by atoms with E-state index in [0.29, 0.717) is 0 Å². The Hall–Kier alpha value is -1.61. The Morgan fingerprint density at radius 3 is 2.73 bits per heavy atom. The summed E-state index contributed by atoms with van der Waals surface area (Å²) in [5, 5.41) is 9.35. The van der Waals surface area contributed by atoms with Crippen molar-refractivity contribution in [1.82, 2.24) is 0 Å². The molecule has 3 heteroatoms. The van der Waals surface area contributed by atoms with E-state index < -0.39 is 12.1 Å². The van der Waals surface area contributed by atoms with Crippen molar-refractivity contribution in [2.45, 2.75) is 13.0 Å². The summed E-state index contributed by atoms with van der Waals surface area (Å²) >= 11 is 0. The molecule has 0 amide bonds. The Balaban J connectivity index is 2.54. The molecular formula is C12H14O3. The lowest BCUT2D eigenvalue weighted by Crippen LogP contribution is -2.20. The smallest absolute Gasteiger partial charge is 0.339 e. The van der Waals surface area contributed by atoms with E-state index in [4.69, 9.17) is 0 Å². The molecule has 15 heavy (non-hydrogen) atoms. The van der Waals surface area contributed by atoms with Crippen LogP contribution < -0.4 is 0 Å². The monoisotopic (exact) mass is 206 g/mol. The highest BCUT2D eigenvalue weighted by atomic mass is 16.5. The van der Waals surface area contributed by atoms with Crippen molar-refractivity contribution < 1.29 is 14.6 Å². The van der Waals surface area contributed by atoms with Crippen LogP contribution in [0.25, 0.3) is 6.08 Å². The SMILES string of the molecule is CCOC(=O)C(O)C=Cc1ccccc1. The quantitative estimate of drug-likeness (QED) is 0.761. The molecule has 0 aliphatic carbocycles. The van der Waals surface area contributed by atoms with Crippen molar-refractivity contribution >= 4 is 12.0 Å². The van der Waals surface area contributed by atoms with Crippen LogP contribution in [0.4, 0.5) is 0 Å². The zero-order chi connectivity index (χ0) is 11.1. The van der Waals surface area contributed by atoms with E-state index in [0.717, 1.165) is 5.56 Å². The molecule has 1 N–H and O–H groups in total. The second kappa shape index (κ2) is 5.98. The van der Waals surface area contributed by atoms with E-state index >= 15 is 0 Å². The number of ether oxygens (including phenoxy) is 1. The summed E-state index contributed by atoms with van der Waals surface area (Å²) < 4.78 is 4.65. The van der Waals surface area contributed by atoms with E-state index in [2.05, 4.69) is 4.74 Å². The normalized spacial score (nSPS) is 12.7. The number of aliphatic hydroxyl groups is 1. The molecule has 0 bridgehead atoms. The molecule has 3 nitrogen and oxygen atoms in total. The lowest BCUT2D eigenvalue weighted by atomic mass is 10.2. The Kier molecular flexibility index (Phi) is 4.57. The van der Waals surface area contributed by atoms with Gasteiger partial charge in [0.25, 0.3) is 0 Å². The van der Waals surface area contributed by atoms with Crippen molar-refractivity contribution in [2.75, 3.05) is 6.61 Å². The molecule has 0 aromatic heterocycles. The van der Waals surface area contributed by atoms with Gasteiger partial charge < -0.3 is 9.84 Å². The van der Waals surface area contributed by atoms with Crippen LogP contribution in [0, 0.1) is 0 Å². The van der Waals surface area contributed by atoms with Crippen LogP contribution in [-0.2, 0) is 9.53 Å². The first-order valence-corrected chi connectivity index (χ1v) is 4.82. The van der Waals surface area contributed by atoms with Gasteiger partial charge in [-0.15, -0.1) is 0 Å². The third-order valence-electron chi connectivity index (χ3n) is 1.80. The predicted molar refractivity (Wildman–Crippen MR) is 58.1 cm³/mol. The zero-order valence-electron chi connectivity index (χ0n) is 8.59. The first-order chi connectivity index (χ1) is 7.24. The topological polar surface area (TPSA) is 46.5 Å². The van der Waals surface area contributed by atoms with Gasteiger partial charge in [0.15, 0.2) is 6.10 Å². The van der Waals surface area contributed by atoms with Crippen LogP contribution >= 0.6 is 0 Å². The van der Waals surface area contributed by atoms with Gasteiger partial charge in [-0.25, -0.2) is 4.79 Å². The van der Waals surface area contributed by atoms with Gasteiger partial charge in [0, 0.05) is 0 Å². The van der Waals surface area contributed by atoms with Gasteiger partial charge in [0.05, 0.1) is 6.61 Å². The number of hydrogen-bond donors (Lipinski definition) is 1. The predicted octanol–water partition coefficient (Wildman–Crippen LogP) is 1.62. The molecule has 0 fully saturated rings. The summed E-state index contributed by atoms with van der Waals surface area (Å²) in [7, 11) is 0. The number of benzene rings is 1. The maximum Gasteiger partial charge on any atom is 0.339 e. The largest absolute Gasteiger partial charge is 0.464 e. The lowest BCUT2D eigenvalue weighted by molar-refractivity contribution is -0.150. The summed E-state index contributed by atoms with van der Waals surface area (Å²) in [4.78, 5) is 11.0. The molecule has 0 saturated carbocycles. The standard InChI is InChI=1S/C12H14O3/c1-2-15-12(14)11(13)9-8-10-6-4-3-5-7-10/h3-9,11,13H,2H2,1H3. The molecule has 80 valence electrons. The third kappa shape index (κ3) is 3.95. The van der Waals surface area contributed by atoms with E-state index in [1.54, 1.807) is 13.0 Å². The fraction of sp³-hybridized carbons (Fsp3) is 0.250. The summed E-state index contributed by atoms with van der Waals surface area (Å²) in [6, 6.07) is 9.44. The van der Waals surface area contributed by atoms with Crippen molar-refractivity contribution in [1.29, 1.82) is 0 Å². The minimum absolute atomic E-state index is 0.273. The fourth-order valence-corrected chi connectivity index (χ4v) is 1.07. The highest BCUT2D eigenvalue weighted by Gasteiger charge is 2.11. The maximum absolute atomic E-state index is 11.0. The molecule has 1 aromatic carbocycles. The molecule has 1 rings (SSSR count). The highest BCUT2D eigenvalue weighted by molar-refractivity contribution is 5.77. The van der Waals surface area contributed by atoms with E-state index in [9.17, 15) is 9.90 Å². The summed E-state index contributed by atoms with van der Waals surface area (Å²) in [6.07, 6.45) is 1.90. The van der Waals surface area contributed by atoms with Gasteiger partial charge in [0.1, 0.15) is 0 Å². The molecule has 0 aliphatic heterocycles. The summed E-state index contributed by atoms with van der Waals surface area (Å²) in [5.41, 5.74) is 0.931. The Bertz CT molecular complexity index is 330. The van der Waals surface area contributed by atoms with Crippen LogP contribution in [0.1, 0.15) is 12.5 Å². The summed E-state index contributed by atoms with van der Waals surface area (Å²) in [6.45, 7) is 1.97. The first-order valence-electron chi connectivity index (χ1n) is 4.82. The number of rotatable bonds is 4. The van der Waals surface area contributed by atoms with Gasteiger partial charge >= 0.3 is 5.97 Å². The number of aliphatic hydroxyl groups excluding tert-OH is 1. The molecule has 1 unspecified atom stereocenters. The van der Waals surface area contributed by atoms with Crippen LogP contribution in [0.3, 0.4) is 0 Å². The molecule has 0 heterocycles. The third-order valence-corrected chi connectivity index (χ3v) is 1.80. The van der Waals surface area contributed by atoms with Gasteiger partial charge in [-0.05, 0) is 18.6 Å². The second-order valence-corrected chi connectivity index (χ2v) is 2.97. The Morgan fingerprint density at radius 2 is 2.13 bits per heavy atom. The number of carbonyl (C=O) groups is 1. The van der Waals surface area contributed by atoms with Crippen LogP contribution in [-0.4, -0.2) is 23.8 Å². The van der Waals surface area contributed by atoms with Crippen LogP contribution in [0.2, 0.25) is 0 Å². The van der Waals surface area contributed by atoms with Crippen LogP contribution in [0.5, 0.6) is 0 Å². The van der Waals surface area contributed by atoms with Gasteiger partial charge in [-0.2, -0.15) is 0 Å². The minimum atomic E-state index is -1.19. The fourth-order valence-electron chi connectivity index (χ4n) is 1.07. The maximum atomic E-state index is 11.0. The van der Waals surface area contributed by atoms with Crippen LogP contribution in [0.15, 0.2) is 36.4 Å². The molecule has 0 spiro atoms. The average molecular weight is 206 g/mol. The number of hydrogen-bond acceptors (Lipinski definition) is 3. The molecular weight excluding hydrogens is 192 g/mol. The molecule has 0 aliphatic rings. The van der Waals surface area contributed by atoms with Crippen molar-refractivity contribution in [3.05, 3.63) is 42.0 Å². The molecule has 1 atom stereocenters. The Morgan fingerprint density at radius 1 is 1.47 bits per heavy atom. The van der Waals surface area contributed by atoms with Gasteiger partial charge in [-0.1, -0.05) is 36.4 Å². The van der Waals surface area contributed by atoms with E-state index in [-0.39, 0.29) is 6.61 Å². The minimum Gasteiger partial charge on any atom is -0.464 e. The number of esters is 1. The first kappa shape index (κ1) is 11.5. The molecule has 0 radical (unpaired) electrons.